The summed E-state index contributed by atoms with van der Waals surface area (Å²) in [5, 5.41) is 1.40. The highest BCUT2D eigenvalue weighted by Crippen LogP contribution is 2.45. The lowest BCUT2D eigenvalue weighted by Gasteiger charge is -2.40. The van der Waals surface area contributed by atoms with Crippen LogP contribution in [-0.4, -0.2) is 4.98 Å². The molecule has 1 aromatic rings. The molecule has 1 nitrogen and oxygen atoms in total. The number of nitrogens with zero attached hydrogens (tertiary/aromatic N) is 1. The molecule has 0 aromatic carbocycles. The van der Waals surface area contributed by atoms with Gasteiger partial charge in [0.25, 0.3) is 0 Å². The van der Waals surface area contributed by atoms with Gasteiger partial charge < -0.3 is 0 Å². The first kappa shape index (κ1) is 14.1. The van der Waals surface area contributed by atoms with Crippen LogP contribution in [0.1, 0.15) is 51.5 Å². The normalized spacial score (nSPS) is 19.3. The van der Waals surface area contributed by atoms with Gasteiger partial charge in [-0.3, -0.25) is 4.98 Å². The molecule has 3 heteroatoms. The molecule has 0 amide bonds. The molecule has 0 radical (unpaired) electrons. The fraction of sp³-hybridized carbons (Fsp3) is 0.667. The molecule has 0 spiro atoms. The first-order valence-corrected chi connectivity index (χ1v) is 7.54. The Morgan fingerprint density at radius 1 is 1.28 bits per heavy atom. The number of rotatable bonds is 5. The maximum atomic E-state index is 6.14. The van der Waals surface area contributed by atoms with E-state index in [2.05, 4.69) is 18.8 Å². The number of halogens is 2. The van der Waals surface area contributed by atoms with Gasteiger partial charge in [-0.15, -0.1) is 0 Å². The first-order chi connectivity index (χ1) is 8.50. The topological polar surface area (TPSA) is 12.9 Å². The van der Waals surface area contributed by atoms with Crippen LogP contribution in [0.25, 0.3) is 0 Å². The van der Waals surface area contributed by atoms with E-state index in [0.29, 0.717) is 15.5 Å². The maximum absolute atomic E-state index is 6.14. The SMILES string of the molecule is CC(CCc1c(Cl)cncc1Cl)CC1(C)CCC1. The molecule has 0 N–H and O–H groups in total. The zero-order valence-electron chi connectivity index (χ0n) is 11.2. The summed E-state index contributed by atoms with van der Waals surface area (Å²) in [4.78, 5) is 3.99. The van der Waals surface area contributed by atoms with Gasteiger partial charge in [0.2, 0.25) is 0 Å². The van der Waals surface area contributed by atoms with Gasteiger partial charge in [-0.2, -0.15) is 0 Å². The van der Waals surface area contributed by atoms with Crippen LogP contribution in [0, 0.1) is 11.3 Å². The van der Waals surface area contributed by atoms with E-state index in [4.69, 9.17) is 23.2 Å². The lowest BCUT2D eigenvalue weighted by atomic mass is 9.65. The fourth-order valence-corrected chi connectivity index (χ4v) is 3.55. The summed E-state index contributed by atoms with van der Waals surface area (Å²) < 4.78 is 0. The molecule has 2 rings (SSSR count). The summed E-state index contributed by atoms with van der Waals surface area (Å²) >= 11 is 12.3. The minimum atomic E-state index is 0.602. The van der Waals surface area contributed by atoms with Crippen LogP contribution < -0.4 is 0 Å². The Bertz CT molecular complexity index is 393. The van der Waals surface area contributed by atoms with Gasteiger partial charge >= 0.3 is 0 Å². The van der Waals surface area contributed by atoms with Gasteiger partial charge in [0.05, 0.1) is 10.0 Å². The van der Waals surface area contributed by atoms with Crippen molar-refractivity contribution in [3.8, 4) is 0 Å². The molecular formula is C15H21Cl2N. The average Bonchev–Trinajstić information content (AvgIpc) is 2.26. The van der Waals surface area contributed by atoms with Crippen molar-refractivity contribution in [3.05, 3.63) is 28.0 Å². The predicted octanol–water partition coefficient (Wildman–Crippen LogP) is 5.54. The van der Waals surface area contributed by atoms with Crippen LogP contribution in [0.15, 0.2) is 12.4 Å². The molecular weight excluding hydrogens is 265 g/mol. The Hall–Kier alpha value is -0.270. The van der Waals surface area contributed by atoms with Gasteiger partial charge in [-0.1, -0.05) is 43.5 Å². The minimum Gasteiger partial charge on any atom is -0.262 e. The maximum Gasteiger partial charge on any atom is 0.0636 e. The molecule has 1 heterocycles. The lowest BCUT2D eigenvalue weighted by molar-refractivity contribution is 0.119. The van der Waals surface area contributed by atoms with Crippen molar-refractivity contribution in [1.29, 1.82) is 0 Å². The van der Waals surface area contributed by atoms with Gasteiger partial charge in [-0.05, 0) is 49.0 Å². The van der Waals surface area contributed by atoms with Crippen molar-refractivity contribution < 1.29 is 0 Å². The quantitative estimate of drug-likeness (QED) is 0.692. The van der Waals surface area contributed by atoms with E-state index in [1.54, 1.807) is 12.4 Å². The number of hydrogen-bond donors (Lipinski definition) is 0. The molecule has 0 aliphatic heterocycles. The zero-order valence-corrected chi connectivity index (χ0v) is 12.7. The monoisotopic (exact) mass is 285 g/mol. The van der Waals surface area contributed by atoms with E-state index < -0.39 is 0 Å². The van der Waals surface area contributed by atoms with E-state index in [1.165, 1.54) is 25.7 Å². The Kier molecular flexibility index (Phi) is 4.55. The van der Waals surface area contributed by atoms with Crippen molar-refractivity contribution in [2.45, 2.75) is 52.4 Å². The van der Waals surface area contributed by atoms with Gasteiger partial charge in [0.15, 0.2) is 0 Å². The van der Waals surface area contributed by atoms with E-state index in [-0.39, 0.29) is 0 Å². The van der Waals surface area contributed by atoms with Crippen LogP contribution in [0.4, 0.5) is 0 Å². The lowest BCUT2D eigenvalue weighted by Crippen LogP contribution is -2.27. The van der Waals surface area contributed by atoms with Crippen LogP contribution in [0.2, 0.25) is 10.0 Å². The molecule has 18 heavy (non-hydrogen) atoms. The molecule has 0 saturated heterocycles. The summed E-state index contributed by atoms with van der Waals surface area (Å²) in [6.45, 7) is 4.76. The average molecular weight is 286 g/mol. The summed E-state index contributed by atoms with van der Waals surface area (Å²) in [5.74, 6) is 0.732. The van der Waals surface area contributed by atoms with Crippen LogP contribution >= 0.6 is 23.2 Å². The number of hydrogen-bond acceptors (Lipinski definition) is 1. The third-order valence-electron chi connectivity index (χ3n) is 4.24. The molecule has 1 saturated carbocycles. The second-order valence-electron chi connectivity index (χ2n) is 6.09. The highest BCUT2D eigenvalue weighted by molar-refractivity contribution is 6.35. The van der Waals surface area contributed by atoms with E-state index in [0.717, 1.165) is 24.3 Å². The van der Waals surface area contributed by atoms with Crippen molar-refractivity contribution in [3.63, 3.8) is 0 Å². The summed E-state index contributed by atoms with van der Waals surface area (Å²) in [6.07, 6.45) is 11.0. The van der Waals surface area contributed by atoms with E-state index in [9.17, 15) is 0 Å². The van der Waals surface area contributed by atoms with Gasteiger partial charge in [0.1, 0.15) is 0 Å². The van der Waals surface area contributed by atoms with Crippen LogP contribution in [0.3, 0.4) is 0 Å². The molecule has 1 aliphatic rings. The third-order valence-corrected chi connectivity index (χ3v) is 4.89. The first-order valence-electron chi connectivity index (χ1n) is 6.78. The highest BCUT2D eigenvalue weighted by atomic mass is 35.5. The molecule has 1 aliphatic carbocycles. The van der Waals surface area contributed by atoms with Crippen LogP contribution in [0.5, 0.6) is 0 Å². The summed E-state index contributed by atoms with van der Waals surface area (Å²) in [5.41, 5.74) is 1.66. The van der Waals surface area contributed by atoms with E-state index in [1.807, 2.05) is 0 Å². The molecule has 100 valence electrons. The Morgan fingerprint density at radius 3 is 2.39 bits per heavy atom. The van der Waals surface area contributed by atoms with Crippen molar-refractivity contribution in [2.75, 3.05) is 0 Å². The second-order valence-corrected chi connectivity index (χ2v) is 6.91. The van der Waals surface area contributed by atoms with Gasteiger partial charge in [0, 0.05) is 12.4 Å². The van der Waals surface area contributed by atoms with Crippen molar-refractivity contribution in [1.82, 2.24) is 4.98 Å². The Morgan fingerprint density at radius 2 is 1.89 bits per heavy atom. The van der Waals surface area contributed by atoms with Crippen LogP contribution in [-0.2, 0) is 6.42 Å². The standard InChI is InChI=1S/C15H21Cl2N/c1-11(8-15(2)6-3-7-15)4-5-12-13(16)9-18-10-14(12)17/h9-11H,3-8H2,1-2H3. The molecule has 1 aromatic heterocycles. The number of pyridine rings is 1. The fourth-order valence-electron chi connectivity index (χ4n) is 3.00. The third kappa shape index (κ3) is 3.39. The van der Waals surface area contributed by atoms with Crippen molar-refractivity contribution >= 4 is 23.2 Å². The Balaban J connectivity index is 1.87. The molecule has 1 unspecified atom stereocenters. The largest absolute Gasteiger partial charge is 0.262 e. The smallest absolute Gasteiger partial charge is 0.0636 e. The second kappa shape index (κ2) is 5.79. The Labute approximate surface area is 120 Å². The molecule has 0 bridgehead atoms. The minimum absolute atomic E-state index is 0.602. The number of aromatic nitrogens is 1. The zero-order chi connectivity index (χ0) is 13.2. The van der Waals surface area contributed by atoms with Crippen molar-refractivity contribution in [2.24, 2.45) is 11.3 Å². The highest BCUT2D eigenvalue weighted by Gasteiger charge is 2.32. The van der Waals surface area contributed by atoms with E-state index >= 15 is 0 Å². The van der Waals surface area contributed by atoms with Gasteiger partial charge in [-0.25, -0.2) is 0 Å². The molecule has 1 atom stereocenters. The summed E-state index contributed by atoms with van der Waals surface area (Å²) in [7, 11) is 0. The molecule has 1 fully saturated rings. The summed E-state index contributed by atoms with van der Waals surface area (Å²) in [6, 6.07) is 0. The predicted molar refractivity (Wildman–Crippen MR) is 78.3 cm³/mol.